The predicted molar refractivity (Wildman–Crippen MR) is 152 cm³/mol. The molecule has 0 aliphatic carbocycles. The van der Waals surface area contributed by atoms with Gasteiger partial charge in [0.05, 0.1) is 66.6 Å². The zero-order valence-electron chi connectivity index (χ0n) is 25.0. The van der Waals surface area contributed by atoms with Crippen molar-refractivity contribution in [3.63, 3.8) is 0 Å². The van der Waals surface area contributed by atoms with Crippen LogP contribution in [0.4, 0.5) is 0 Å². The van der Waals surface area contributed by atoms with Crippen LogP contribution in [0.5, 0.6) is 11.5 Å². The minimum absolute atomic E-state index is 0. The number of benzene rings is 2. The maximum atomic E-state index is 12.5. The Kier molecular flexibility index (Phi) is 17.6. The Hall–Kier alpha value is -2.52. The lowest BCUT2D eigenvalue weighted by Crippen LogP contribution is -3.00. The van der Waals surface area contributed by atoms with E-state index in [2.05, 4.69) is 62.6 Å². The first kappa shape index (κ1) is 37.5. The summed E-state index contributed by atoms with van der Waals surface area (Å²) in [7, 11) is 3.33. The number of nitrogens with one attached hydrogen (secondary N) is 2. The Bertz CT molecular complexity index is 914. The summed E-state index contributed by atoms with van der Waals surface area (Å²) in [5, 5.41) is 5.67. The van der Waals surface area contributed by atoms with Crippen LogP contribution >= 0.6 is 0 Å². The Morgan fingerprint density at radius 1 is 0.600 bits per heavy atom. The van der Waals surface area contributed by atoms with Crippen molar-refractivity contribution >= 4 is 11.8 Å². The Morgan fingerprint density at radius 2 is 0.900 bits per heavy atom. The molecule has 0 heterocycles. The van der Waals surface area contributed by atoms with E-state index >= 15 is 0 Å². The van der Waals surface area contributed by atoms with E-state index in [9.17, 15) is 9.59 Å². The van der Waals surface area contributed by atoms with Crippen molar-refractivity contribution in [1.82, 2.24) is 10.6 Å². The summed E-state index contributed by atoms with van der Waals surface area (Å²) < 4.78 is 12.2. The smallest absolute Gasteiger partial charge is 0.309 e. The molecular weight excluding hydrogens is 551 g/mol. The number of carbonyl (C=O) groups excluding carboxylic acids is 2. The summed E-state index contributed by atoms with van der Waals surface area (Å²) in [6.07, 6.45) is 0. The summed E-state index contributed by atoms with van der Waals surface area (Å²) in [6.45, 7) is 16.5. The van der Waals surface area contributed by atoms with Crippen LogP contribution in [0.25, 0.3) is 0 Å². The summed E-state index contributed by atoms with van der Waals surface area (Å²) in [4.78, 5) is 25.0. The second-order valence-electron chi connectivity index (χ2n) is 9.92. The van der Waals surface area contributed by atoms with Crippen LogP contribution in [0.2, 0.25) is 0 Å². The number of amides is 2. The minimum Gasteiger partial charge on any atom is -1.00 e. The SMILES string of the molecule is CC[N+](CC)(CCNC(=O)C(=O)NCC[N+](CC)(CC)Cc1ccc(OC)cc1)Cc1ccc(OC)cc1.[Cl-].[Cl-]. The van der Waals surface area contributed by atoms with Crippen LogP contribution in [-0.4, -0.2) is 87.4 Å². The summed E-state index contributed by atoms with van der Waals surface area (Å²) in [5.74, 6) is 0.544. The number of nitrogens with zero attached hydrogens (tertiary/aromatic N) is 2. The van der Waals surface area contributed by atoms with Gasteiger partial charge >= 0.3 is 11.8 Å². The Morgan fingerprint density at radius 3 is 1.15 bits per heavy atom. The van der Waals surface area contributed by atoms with Crippen LogP contribution in [0.15, 0.2) is 48.5 Å². The molecule has 10 heteroatoms. The van der Waals surface area contributed by atoms with Gasteiger partial charge in [0.15, 0.2) is 0 Å². The number of carbonyl (C=O) groups is 2. The molecular formula is C30H48Cl2N4O4. The lowest BCUT2D eigenvalue weighted by molar-refractivity contribution is -0.936. The van der Waals surface area contributed by atoms with Gasteiger partial charge in [-0.2, -0.15) is 0 Å². The van der Waals surface area contributed by atoms with E-state index in [1.807, 2.05) is 24.3 Å². The number of likely N-dealkylation sites (N-methyl/N-ethyl adjacent to an activating group) is 2. The van der Waals surface area contributed by atoms with E-state index in [1.165, 1.54) is 11.1 Å². The third-order valence-electron chi connectivity index (χ3n) is 7.99. The second kappa shape index (κ2) is 18.8. The average molecular weight is 600 g/mol. The summed E-state index contributed by atoms with van der Waals surface area (Å²) in [6, 6.07) is 16.2. The quantitative estimate of drug-likeness (QED) is 0.164. The van der Waals surface area contributed by atoms with Gasteiger partial charge in [-0.15, -0.1) is 0 Å². The van der Waals surface area contributed by atoms with Crippen molar-refractivity contribution < 1.29 is 52.8 Å². The molecule has 2 N–H and O–H groups in total. The third-order valence-corrected chi connectivity index (χ3v) is 7.99. The molecule has 226 valence electrons. The molecule has 0 aliphatic rings. The maximum absolute atomic E-state index is 12.5. The molecule has 0 spiro atoms. The molecule has 0 aromatic heterocycles. The van der Waals surface area contributed by atoms with Crippen LogP contribution < -0.4 is 44.9 Å². The molecule has 0 bridgehead atoms. The van der Waals surface area contributed by atoms with Gasteiger partial charge in [0.1, 0.15) is 24.6 Å². The first-order valence-corrected chi connectivity index (χ1v) is 13.8. The molecule has 2 aromatic carbocycles. The maximum Gasteiger partial charge on any atom is 0.309 e. The molecule has 40 heavy (non-hydrogen) atoms. The molecule has 0 saturated carbocycles. The number of quaternary nitrogens is 2. The fraction of sp³-hybridized carbons (Fsp3) is 0.533. The van der Waals surface area contributed by atoms with Gasteiger partial charge in [0.2, 0.25) is 0 Å². The molecule has 0 aliphatic heterocycles. The van der Waals surface area contributed by atoms with E-state index in [0.717, 1.165) is 72.8 Å². The van der Waals surface area contributed by atoms with Gasteiger partial charge in [0, 0.05) is 11.1 Å². The van der Waals surface area contributed by atoms with E-state index < -0.39 is 11.8 Å². The van der Waals surface area contributed by atoms with E-state index in [-0.39, 0.29) is 24.8 Å². The summed E-state index contributed by atoms with van der Waals surface area (Å²) in [5.41, 5.74) is 2.45. The Balaban J connectivity index is 0.00000760. The molecule has 0 fully saturated rings. The first-order valence-electron chi connectivity index (χ1n) is 13.8. The van der Waals surface area contributed by atoms with Crippen molar-refractivity contribution in [3.8, 4) is 11.5 Å². The number of hydrogen-bond donors (Lipinski definition) is 2. The third kappa shape index (κ3) is 11.2. The van der Waals surface area contributed by atoms with Gasteiger partial charge in [-0.3, -0.25) is 9.59 Å². The minimum atomic E-state index is -0.569. The highest BCUT2D eigenvalue weighted by molar-refractivity contribution is 6.35. The first-order chi connectivity index (χ1) is 18.3. The highest BCUT2D eigenvalue weighted by atomic mass is 35.5. The topological polar surface area (TPSA) is 76.7 Å². The Labute approximate surface area is 253 Å². The molecule has 0 saturated heterocycles. The molecule has 2 rings (SSSR count). The van der Waals surface area contributed by atoms with Crippen molar-refractivity contribution in [1.29, 1.82) is 0 Å². The van der Waals surface area contributed by atoms with Crippen molar-refractivity contribution in [3.05, 3.63) is 59.7 Å². The second-order valence-corrected chi connectivity index (χ2v) is 9.92. The van der Waals surface area contributed by atoms with Gasteiger partial charge in [-0.1, -0.05) is 0 Å². The van der Waals surface area contributed by atoms with Crippen molar-refractivity contribution in [2.24, 2.45) is 0 Å². The van der Waals surface area contributed by atoms with Gasteiger partial charge in [0.25, 0.3) is 0 Å². The van der Waals surface area contributed by atoms with E-state index in [4.69, 9.17) is 9.47 Å². The average Bonchev–Trinajstić information content (AvgIpc) is 2.96. The summed E-state index contributed by atoms with van der Waals surface area (Å²) >= 11 is 0. The molecule has 0 radical (unpaired) electrons. The van der Waals surface area contributed by atoms with Gasteiger partial charge < -0.3 is 53.9 Å². The van der Waals surface area contributed by atoms with Crippen LogP contribution in [0.3, 0.4) is 0 Å². The lowest BCUT2D eigenvalue weighted by Gasteiger charge is -2.37. The fourth-order valence-corrected chi connectivity index (χ4v) is 4.90. The number of halogens is 2. The van der Waals surface area contributed by atoms with Crippen molar-refractivity contribution in [2.75, 3.05) is 66.6 Å². The predicted octanol–water partition coefficient (Wildman–Crippen LogP) is -2.64. The largest absolute Gasteiger partial charge is 1.00 e. The highest BCUT2D eigenvalue weighted by Crippen LogP contribution is 2.19. The normalized spacial score (nSPS) is 11.1. The zero-order chi connectivity index (χ0) is 28.0. The van der Waals surface area contributed by atoms with E-state index in [0.29, 0.717) is 13.1 Å². The van der Waals surface area contributed by atoms with Crippen LogP contribution in [0, 0.1) is 0 Å². The zero-order valence-corrected chi connectivity index (χ0v) is 26.5. The number of rotatable bonds is 16. The van der Waals surface area contributed by atoms with E-state index in [1.54, 1.807) is 14.2 Å². The number of hydrogen-bond acceptors (Lipinski definition) is 4. The van der Waals surface area contributed by atoms with Crippen molar-refractivity contribution in [2.45, 2.75) is 40.8 Å². The molecule has 0 atom stereocenters. The van der Waals surface area contributed by atoms with Gasteiger partial charge in [-0.25, -0.2) is 0 Å². The molecule has 0 unspecified atom stereocenters. The van der Waals surface area contributed by atoms with Gasteiger partial charge in [-0.05, 0) is 76.2 Å². The number of methoxy groups -OCH3 is 2. The monoisotopic (exact) mass is 598 g/mol. The fourth-order valence-electron chi connectivity index (χ4n) is 4.90. The van der Waals surface area contributed by atoms with Crippen LogP contribution in [-0.2, 0) is 22.7 Å². The highest BCUT2D eigenvalue weighted by Gasteiger charge is 2.26. The molecule has 2 amide bonds. The molecule has 8 nitrogen and oxygen atoms in total. The standard InChI is InChI=1S/C30H46N4O4.2ClH/c1-7-33(8-2,23-25-11-15-27(37-5)16-12-25)21-19-31-29(35)30(36)32-20-22-34(9-3,10-4)24-26-13-17-28(38-6)18-14-26;;/h11-18H,7-10,19-24H2,1-6H3;2*1H. The van der Waals surface area contributed by atoms with Crippen LogP contribution in [0.1, 0.15) is 38.8 Å². The lowest BCUT2D eigenvalue weighted by atomic mass is 10.1. The number of ether oxygens (including phenoxy) is 2. The molecule has 2 aromatic rings.